The van der Waals surface area contributed by atoms with Crippen LogP contribution in [0.25, 0.3) is 0 Å². The van der Waals surface area contributed by atoms with Gasteiger partial charge >= 0.3 is 7.82 Å². The number of phosphoric ester groups is 1. The molecule has 9 nitrogen and oxygen atoms in total. The molecule has 0 aliphatic rings. The van der Waals surface area contributed by atoms with Gasteiger partial charge in [-0.05, 0) is 64.2 Å². The third kappa shape index (κ3) is 28.2. The number of likely N-dealkylation sites (N-methyl/N-ethyl adjacent to an activating group) is 1. The highest BCUT2D eigenvalue weighted by Gasteiger charge is 2.55. The number of hydrogen-bond donors (Lipinski definition) is 3. The maximum Gasteiger partial charge on any atom is 0.473 e. The van der Waals surface area contributed by atoms with E-state index >= 15 is 0 Å². The van der Waals surface area contributed by atoms with Crippen molar-refractivity contribution in [2.45, 2.75) is 205 Å². The fourth-order valence-electron chi connectivity index (χ4n) is 6.54. The van der Waals surface area contributed by atoms with Gasteiger partial charge in [0.25, 0.3) is 0 Å². The summed E-state index contributed by atoms with van der Waals surface area (Å²) in [5.41, 5.74) is -2.67. The van der Waals surface area contributed by atoms with Crippen molar-refractivity contribution in [3.8, 4) is 0 Å². The molecular formula is C44H85NO8P+. The number of ketones is 2. The molecule has 0 saturated heterocycles. The maximum atomic E-state index is 13.8. The summed E-state index contributed by atoms with van der Waals surface area (Å²) in [5.74, 6) is -1.58. The molecule has 318 valence electrons. The monoisotopic (exact) mass is 787 g/mol. The largest absolute Gasteiger partial charge is 0.473 e. The van der Waals surface area contributed by atoms with Gasteiger partial charge in [-0.25, -0.2) is 4.57 Å². The lowest BCUT2D eigenvalue weighted by Gasteiger charge is -2.35. The molecule has 0 aromatic rings. The molecule has 0 saturated carbocycles. The van der Waals surface area contributed by atoms with Gasteiger partial charge in [-0.15, -0.1) is 0 Å². The summed E-state index contributed by atoms with van der Waals surface area (Å²) >= 11 is 0. The van der Waals surface area contributed by atoms with Crippen molar-refractivity contribution in [3.63, 3.8) is 0 Å². The standard InChI is InChI=1S/C44H84NO8P/c1-6-8-10-12-14-16-18-20-22-24-26-28-30-32-34-36-41(47)44(43(49)40-46,53-54(50,51)52-39-38-45(3,4)5)42(48)37-35-33-31-29-27-25-23-21-19-17-15-13-11-9-7-2/h20-23,43,46,49H,6-19,24-40H2,1-5H3/p+1/b22-20-,23-21-/t43-/m0/s1. The molecule has 0 aliphatic heterocycles. The Hall–Kier alpha value is -1.19. The van der Waals surface area contributed by atoms with Gasteiger partial charge in [0, 0.05) is 12.8 Å². The quantitative estimate of drug-likeness (QED) is 0.0184. The number of aliphatic hydroxyl groups is 2. The second kappa shape index (κ2) is 33.9. The minimum Gasteiger partial charge on any atom is -0.394 e. The molecule has 0 heterocycles. The Bertz CT molecular complexity index is 973. The Morgan fingerprint density at radius 2 is 0.944 bits per heavy atom. The fourth-order valence-corrected chi connectivity index (χ4v) is 7.60. The van der Waals surface area contributed by atoms with Crippen LogP contribution in [0.5, 0.6) is 0 Å². The van der Waals surface area contributed by atoms with Crippen molar-refractivity contribution < 1.29 is 42.8 Å². The summed E-state index contributed by atoms with van der Waals surface area (Å²) in [7, 11) is 0.711. The summed E-state index contributed by atoms with van der Waals surface area (Å²) in [6.45, 7) is 3.71. The third-order valence-electron chi connectivity index (χ3n) is 10.1. The lowest BCUT2D eigenvalue weighted by Crippen LogP contribution is -2.58. The summed E-state index contributed by atoms with van der Waals surface area (Å²) in [6, 6.07) is 0. The van der Waals surface area contributed by atoms with Gasteiger partial charge in [-0.2, -0.15) is 0 Å². The van der Waals surface area contributed by atoms with Crippen molar-refractivity contribution in [2.75, 3.05) is 40.9 Å². The van der Waals surface area contributed by atoms with Gasteiger partial charge in [0.2, 0.25) is 5.60 Å². The first-order valence-electron chi connectivity index (χ1n) is 22.0. The van der Waals surface area contributed by atoms with E-state index in [4.69, 9.17) is 9.05 Å². The third-order valence-corrected chi connectivity index (χ3v) is 11.1. The van der Waals surface area contributed by atoms with Crippen LogP contribution in [0.4, 0.5) is 0 Å². The minimum atomic E-state index is -4.96. The molecule has 10 heteroatoms. The highest BCUT2D eigenvalue weighted by Crippen LogP contribution is 2.49. The van der Waals surface area contributed by atoms with Crippen molar-refractivity contribution in [1.29, 1.82) is 0 Å². The molecule has 0 bridgehead atoms. The molecule has 0 aromatic carbocycles. The predicted molar refractivity (Wildman–Crippen MR) is 225 cm³/mol. The number of carbonyl (C=O) groups is 2. The molecular weight excluding hydrogens is 701 g/mol. The normalized spacial score (nSPS) is 14.3. The molecule has 0 rings (SSSR count). The summed E-state index contributed by atoms with van der Waals surface area (Å²) in [5, 5.41) is 21.0. The Balaban J connectivity index is 5.03. The molecule has 0 aromatic heterocycles. The molecule has 1 unspecified atom stereocenters. The van der Waals surface area contributed by atoms with Crippen molar-refractivity contribution in [2.24, 2.45) is 0 Å². The van der Waals surface area contributed by atoms with Crippen LogP contribution >= 0.6 is 7.82 Å². The van der Waals surface area contributed by atoms with E-state index in [1.54, 1.807) is 0 Å². The van der Waals surface area contributed by atoms with Crippen LogP contribution in [0.3, 0.4) is 0 Å². The van der Waals surface area contributed by atoms with Gasteiger partial charge in [0.05, 0.1) is 27.7 Å². The van der Waals surface area contributed by atoms with Gasteiger partial charge in [0.15, 0.2) is 11.6 Å². The second-order valence-corrected chi connectivity index (χ2v) is 17.7. The second-order valence-electron chi connectivity index (χ2n) is 16.4. The predicted octanol–water partition coefficient (Wildman–Crippen LogP) is 11.1. The summed E-state index contributed by atoms with van der Waals surface area (Å²) in [6.07, 6.45) is 35.1. The van der Waals surface area contributed by atoms with E-state index in [2.05, 4.69) is 38.2 Å². The zero-order valence-corrected chi connectivity index (χ0v) is 36.5. The van der Waals surface area contributed by atoms with E-state index in [-0.39, 0.29) is 19.4 Å². The molecule has 0 spiro atoms. The van der Waals surface area contributed by atoms with Crippen molar-refractivity contribution >= 4 is 19.4 Å². The number of nitrogens with zero attached hydrogens (tertiary/aromatic N) is 1. The molecule has 54 heavy (non-hydrogen) atoms. The Kier molecular flexibility index (Phi) is 33.2. The van der Waals surface area contributed by atoms with Gasteiger partial charge in [-0.1, -0.05) is 141 Å². The van der Waals surface area contributed by atoms with E-state index < -0.39 is 37.7 Å². The topological polar surface area (TPSA) is 130 Å². The van der Waals surface area contributed by atoms with Crippen LogP contribution in [0.2, 0.25) is 0 Å². The van der Waals surface area contributed by atoms with Gasteiger partial charge in [0.1, 0.15) is 19.3 Å². The maximum absolute atomic E-state index is 13.8. The Morgan fingerprint density at radius 1 is 0.611 bits per heavy atom. The first-order valence-corrected chi connectivity index (χ1v) is 23.5. The van der Waals surface area contributed by atoms with E-state index in [0.717, 1.165) is 77.0 Å². The number of carbonyl (C=O) groups excluding carboxylic acids is 2. The van der Waals surface area contributed by atoms with Gasteiger partial charge < -0.3 is 19.6 Å². The molecule has 2 atom stereocenters. The first-order chi connectivity index (χ1) is 25.9. The number of unbranched alkanes of at least 4 members (excludes halogenated alkanes) is 22. The number of hydrogen-bond acceptors (Lipinski definition) is 7. The number of rotatable bonds is 40. The fraction of sp³-hybridized carbons (Fsp3) is 0.864. The van der Waals surface area contributed by atoms with Crippen LogP contribution < -0.4 is 0 Å². The number of Topliss-reactive ketones (excluding diaryl/α,β-unsaturated/α-hetero) is 2. The van der Waals surface area contributed by atoms with Crippen LogP contribution in [0, 0.1) is 0 Å². The molecule has 0 radical (unpaired) electrons. The zero-order chi connectivity index (χ0) is 40.4. The van der Waals surface area contributed by atoms with Crippen LogP contribution in [-0.2, 0) is 23.2 Å². The number of aliphatic hydroxyl groups excluding tert-OH is 2. The van der Waals surface area contributed by atoms with Crippen molar-refractivity contribution in [3.05, 3.63) is 24.3 Å². The highest BCUT2D eigenvalue weighted by atomic mass is 31.2. The van der Waals surface area contributed by atoms with Gasteiger partial charge in [-0.3, -0.25) is 18.6 Å². The lowest BCUT2D eigenvalue weighted by molar-refractivity contribution is -0.870. The Morgan fingerprint density at radius 3 is 1.28 bits per heavy atom. The minimum absolute atomic E-state index is 0.119. The lowest BCUT2D eigenvalue weighted by atomic mass is 9.82. The first kappa shape index (κ1) is 52.8. The number of phosphoric acid groups is 1. The Labute approximate surface area is 332 Å². The van der Waals surface area contributed by atoms with Crippen LogP contribution in [0.1, 0.15) is 194 Å². The summed E-state index contributed by atoms with van der Waals surface area (Å²) < 4.78 is 24.2. The number of allylic oxidation sites excluding steroid dienone is 4. The average molecular weight is 787 g/mol. The molecule has 0 amide bonds. The summed E-state index contributed by atoms with van der Waals surface area (Å²) in [4.78, 5) is 38.3. The molecule has 0 fully saturated rings. The van der Waals surface area contributed by atoms with E-state index in [0.29, 0.717) is 23.9 Å². The average Bonchev–Trinajstić information content (AvgIpc) is 3.12. The molecule has 0 aliphatic carbocycles. The van der Waals surface area contributed by atoms with E-state index in [1.165, 1.54) is 77.0 Å². The van der Waals surface area contributed by atoms with E-state index in [9.17, 15) is 29.3 Å². The highest BCUT2D eigenvalue weighted by molar-refractivity contribution is 7.47. The molecule has 3 N–H and O–H groups in total. The van der Waals surface area contributed by atoms with Crippen LogP contribution in [-0.4, -0.2) is 83.8 Å². The number of quaternary nitrogens is 1. The smallest absolute Gasteiger partial charge is 0.394 e. The SMILES string of the molecule is CCCCCCCC/C=C\CCCCCCCC(=O)C(OP(=O)(O)OCC[N+](C)(C)C)(C(=O)CCCCCCC/C=C\CCCCCCCC)[C@@H](O)CO. The zero-order valence-electron chi connectivity index (χ0n) is 35.6. The van der Waals surface area contributed by atoms with Crippen molar-refractivity contribution in [1.82, 2.24) is 0 Å². The van der Waals surface area contributed by atoms with Crippen LogP contribution in [0.15, 0.2) is 24.3 Å². The van der Waals surface area contributed by atoms with E-state index in [1.807, 2.05) is 21.1 Å².